The highest BCUT2D eigenvalue weighted by Crippen LogP contribution is 2.41. The summed E-state index contributed by atoms with van der Waals surface area (Å²) in [5.41, 5.74) is 3.39. The van der Waals surface area contributed by atoms with Crippen molar-refractivity contribution in [3.05, 3.63) is 94.4 Å². The van der Waals surface area contributed by atoms with Crippen LogP contribution in [0.25, 0.3) is 5.76 Å². The van der Waals surface area contributed by atoms with Crippen molar-refractivity contribution in [1.82, 2.24) is 4.90 Å². The van der Waals surface area contributed by atoms with Gasteiger partial charge in [-0.2, -0.15) is 0 Å². The lowest BCUT2D eigenvalue weighted by atomic mass is 9.85. The molecule has 0 radical (unpaired) electrons. The predicted octanol–water partition coefficient (Wildman–Crippen LogP) is 5.52. The van der Waals surface area contributed by atoms with Crippen molar-refractivity contribution < 1.29 is 23.8 Å². The van der Waals surface area contributed by atoms with Gasteiger partial charge in [-0.25, -0.2) is 0 Å². The van der Waals surface area contributed by atoms with Crippen molar-refractivity contribution in [2.45, 2.75) is 58.2 Å². The number of hydrogen-bond acceptors (Lipinski definition) is 5. The number of fused-ring (bicyclic) bond motifs is 1. The van der Waals surface area contributed by atoms with E-state index in [0.29, 0.717) is 11.3 Å². The fourth-order valence-electron chi connectivity index (χ4n) is 4.85. The smallest absolute Gasteiger partial charge is 0.296 e. The molecule has 2 atom stereocenters. The van der Waals surface area contributed by atoms with Crippen molar-refractivity contribution in [3.8, 4) is 5.75 Å². The van der Waals surface area contributed by atoms with E-state index in [0.717, 1.165) is 28.9 Å². The first-order chi connectivity index (χ1) is 16.6. The van der Waals surface area contributed by atoms with Crippen LogP contribution in [0.1, 0.15) is 61.8 Å². The summed E-state index contributed by atoms with van der Waals surface area (Å²) < 4.78 is 11.2. The van der Waals surface area contributed by atoms with Gasteiger partial charge in [-0.15, -0.1) is 0 Å². The molecule has 6 nitrogen and oxygen atoms in total. The van der Waals surface area contributed by atoms with Gasteiger partial charge in [0.2, 0.25) is 0 Å². The van der Waals surface area contributed by atoms with Gasteiger partial charge in [0.05, 0.1) is 24.4 Å². The van der Waals surface area contributed by atoms with E-state index in [2.05, 4.69) is 20.8 Å². The molecule has 5 rings (SSSR count). The van der Waals surface area contributed by atoms with Crippen LogP contribution >= 0.6 is 0 Å². The fraction of sp³-hybridized carbons (Fsp3) is 0.310. The number of furan rings is 1. The number of carbonyl (C=O) groups excluding carboxylic acids is 2. The molecular weight excluding hydrogens is 442 g/mol. The Morgan fingerprint density at radius 1 is 1.09 bits per heavy atom. The second-order valence-corrected chi connectivity index (χ2v) is 10.3. The molecule has 2 aliphatic rings. The van der Waals surface area contributed by atoms with Gasteiger partial charge in [-0.1, -0.05) is 45.0 Å². The highest BCUT2D eigenvalue weighted by Gasteiger charge is 2.46. The molecule has 180 valence electrons. The van der Waals surface area contributed by atoms with E-state index >= 15 is 0 Å². The average Bonchev–Trinajstić information content (AvgIpc) is 3.52. The zero-order valence-electron chi connectivity index (χ0n) is 20.4. The van der Waals surface area contributed by atoms with Gasteiger partial charge >= 0.3 is 0 Å². The normalized spacial score (nSPS) is 21.3. The molecule has 0 spiro atoms. The number of hydrogen-bond donors (Lipinski definition) is 1. The SMILES string of the molecule is C[C@@H]1Cc2cc(C(O)=C3C(=O)C(=O)N(Cc4ccco4)[C@H]3c3ccc(C(C)(C)C)cc3)ccc2O1. The van der Waals surface area contributed by atoms with E-state index < -0.39 is 17.7 Å². The summed E-state index contributed by atoms with van der Waals surface area (Å²) in [6, 6.07) is 16.0. The third kappa shape index (κ3) is 4.14. The van der Waals surface area contributed by atoms with Gasteiger partial charge in [0.15, 0.2) is 0 Å². The molecule has 0 unspecified atom stereocenters. The third-order valence-electron chi connectivity index (χ3n) is 6.71. The number of carbonyl (C=O) groups is 2. The predicted molar refractivity (Wildman–Crippen MR) is 132 cm³/mol. The van der Waals surface area contributed by atoms with Crippen LogP contribution in [0.15, 0.2) is 70.9 Å². The molecule has 3 heterocycles. The van der Waals surface area contributed by atoms with Crippen LogP contribution in [0.5, 0.6) is 5.75 Å². The molecule has 2 aromatic carbocycles. The summed E-state index contributed by atoms with van der Waals surface area (Å²) >= 11 is 0. The van der Waals surface area contributed by atoms with Gasteiger partial charge in [0, 0.05) is 12.0 Å². The average molecular weight is 472 g/mol. The summed E-state index contributed by atoms with van der Waals surface area (Å²) in [6.45, 7) is 8.49. The van der Waals surface area contributed by atoms with Gasteiger partial charge < -0.3 is 19.2 Å². The summed E-state index contributed by atoms with van der Waals surface area (Å²) in [5.74, 6) is -0.207. The van der Waals surface area contributed by atoms with Crippen molar-refractivity contribution in [3.63, 3.8) is 0 Å². The van der Waals surface area contributed by atoms with Crippen molar-refractivity contribution in [1.29, 1.82) is 0 Å². The summed E-state index contributed by atoms with van der Waals surface area (Å²) in [5, 5.41) is 11.4. The van der Waals surface area contributed by atoms with E-state index in [1.54, 1.807) is 24.3 Å². The third-order valence-corrected chi connectivity index (χ3v) is 6.71. The molecule has 2 aliphatic heterocycles. The number of Topliss-reactive ketones (excluding diaryl/α,β-unsaturated/α-hetero) is 1. The number of aliphatic hydroxyl groups excluding tert-OH is 1. The monoisotopic (exact) mass is 471 g/mol. The Hall–Kier alpha value is -3.80. The first-order valence-electron chi connectivity index (χ1n) is 11.8. The lowest BCUT2D eigenvalue weighted by Crippen LogP contribution is -2.29. The lowest BCUT2D eigenvalue weighted by molar-refractivity contribution is -0.140. The fourth-order valence-corrected chi connectivity index (χ4v) is 4.85. The lowest BCUT2D eigenvalue weighted by Gasteiger charge is -2.26. The zero-order valence-corrected chi connectivity index (χ0v) is 20.4. The van der Waals surface area contributed by atoms with Crippen LogP contribution in [-0.2, 0) is 28.0 Å². The van der Waals surface area contributed by atoms with Crippen LogP contribution < -0.4 is 4.74 Å². The number of nitrogens with zero attached hydrogens (tertiary/aromatic N) is 1. The molecule has 1 fully saturated rings. The maximum absolute atomic E-state index is 13.3. The number of ketones is 1. The Kier molecular flexibility index (Phi) is 5.55. The molecule has 1 aromatic heterocycles. The van der Waals surface area contributed by atoms with Crippen molar-refractivity contribution in [2.75, 3.05) is 0 Å². The van der Waals surface area contributed by atoms with E-state index in [-0.39, 0.29) is 29.4 Å². The number of rotatable bonds is 4. The second-order valence-electron chi connectivity index (χ2n) is 10.3. The minimum Gasteiger partial charge on any atom is -0.507 e. The first-order valence-corrected chi connectivity index (χ1v) is 11.8. The highest BCUT2D eigenvalue weighted by atomic mass is 16.5. The Bertz CT molecular complexity index is 1310. The Balaban J connectivity index is 1.62. The van der Waals surface area contributed by atoms with E-state index in [1.165, 1.54) is 11.2 Å². The maximum Gasteiger partial charge on any atom is 0.296 e. The van der Waals surface area contributed by atoms with Crippen LogP contribution in [-0.4, -0.2) is 27.8 Å². The number of ether oxygens (including phenoxy) is 1. The van der Waals surface area contributed by atoms with E-state index in [1.807, 2.05) is 37.3 Å². The largest absolute Gasteiger partial charge is 0.507 e. The first kappa shape index (κ1) is 23.0. The summed E-state index contributed by atoms with van der Waals surface area (Å²) in [4.78, 5) is 27.9. The quantitative estimate of drug-likeness (QED) is 0.308. The van der Waals surface area contributed by atoms with Crippen LogP contribution in [0.3, 0.4) is 0 Å². The summed E-state index contributed by atoms with van der Waals surface area (Å²) in [6.07, 6.45) is 2.32. The topological polar surface area (TPSA) is 80.0 Å². The molecule has 0 bridgehead atoms. The van der Waals surface area contributed by atoms with Gasteiger partial charge in [0.25, 0.3) is 11.7 Å². The van der Waals surface area contributed by atoms with E-state index in [9.17, 15) is 14.7 Å². The molecular formula is C29H29NO5. The Morgan fingerprint density at radius 2 is 1.83 bits per heavy atom. The summed E-state index contributed by atoms with van der Waals surface area (Å²) in [7, 11) is 0. The highest BCUT2D eigenvalue weighted by molar-refractivity contribution is 6.46. The molecule has 1 saturated heterocycles. The Morgan fingerprint density at radius 3 is 2.49 bits per heavy atom. The molecule has 3 aromatic rings. The van der Waals surface area contributed by atoms with Crippen molar-refractivity contribution in [2.24, 2.45) is 0 Å². The van der Waals surface area contributed by atoms with Crippen molar-refractivity contribution >= 4 is 17.4 Å². The minimum absolute atomic E-state index is 0.0435. The minimum atomic E-state index is -0.738. The molecule has 6 heteroatoms. The van der Waals surface area contributed by atoms with Crippen LogP contribution in [0, 0.1) is 0 Å². The Labute approximate surface area is 204 Å². The maximum atomic E-state index is 13.3. The van der Waals surface area contributed by atoms with Gasteiger partial charge in [0.1, 0.15) is 23.4 Å². The standard InChI is InChI=1S/C29H29NO5/c1-17-14-20-15-19(9-12-23(20)35-17)26(31)24-25(18-7-10-21(11-8-18)29(2,3)4)30(28(33)27(24)32)16-22-6-5-13-34-22/h5-13,15,17,25,31H,14,16H2,1-4H3/t17-,25+/m1/s1. The molecule has 0 saturated carbocycles. The number of likely N-dealkylation sites (tertiary alicyclic amines) is 1. The molecule has 0 aliphatic carbocycles. The van der Waals surface area contributed by atoms with E-state index in [4.69, 9.17) is 9.15 Å². The number of benzene rings is 2. The zero-order chi connectivity index (χ0) is 24.9. The second kappa shape index (κ2) is 8.45. The van der Waals surface area contributed by atoms with Gasteiger partial charge in [-0.3, -0.25) is 9.59 Å². The van der Waals surface area contributed by atoms with Crippen LogP contribution in [0.2, 0.25) is 0 Å². The van der Waals surface area contributed by atoms with Crippen LogP contribution in [0.4, 0.5) is 0 Å². The molecule has 1 N–H and O–H groups in total. The van der Waals surface area contributed by atoms with Gasteiger partial charge in [-0.05, 0) is 59.4 Å². The number of amides is 1. The molecule has 1 amide bonds. The molecule has 35 heavy (non-hydrogen) atoms. The number of aliphatic hydroxyl groups is 1.